The van der Waals surface area contributed by atoms with Crippen molar-refractivity contribution < 1.29 is 20.1 Å². The van der Waals surface area contributed by atoms with Crippen LogP contribution in [0.15, 0.2) is 91.0 Å². The molecule has 157 valence electrons. The minimum absolute atomic E-state index is 0. The number of fused-ring (bicyclic) bond motifs is 4. The number of rotatable bonds is 2. The molecule has 3 nitrogen and oxygen atoms in total. The Hall–Kier alpha value is -3.07. The Morgan fingerprint density at radius 1 is 0.742 bits per heavy atom. The zero-order valence-corrected chi connectivity index (χ0v) is 19.9. The first-order chi connectivity index (χ1) is 14.3. The van der Waals surface area contributed by atoms with Gasteiger partial charge in [-0.2, -0.15) is 12.1 Å². The summed E-state index contributed by atoms with van der Waals surface area (Å²) in [6.45, 7) is 0.826. The number of anilines is 3. The molecule has 0 aliphatic carbocycles. The summed E-state index contributed by atoms with van der Waals surface area (Å²) < 4.78 is 2.35. The van der Waals surface area contributed by atoms with Gasteiger partial charge in [0, 0.05) is 37.9 Å². The van der Waals surface area contributed by atoms with Crippen molar-refractivity contribution in [2.45, 2.75) is 0 Å². The molecule has 5 aromatic rings. The van der Waals surface area contributed by atoms with Gasteiger partial charge >= 0.3 is 0 Å². The van der Waals surface area contributed by atoms with Crippen LogP contribution in [0.1, 0.15) is 0 Å². The van der Waals surface area contributed by atoms with Crippen LogP contribution < -0.4 is 9.80 Å². The van der Waals surface area contributed by atoms with Gasteiger partial charge in [0.05, 0.1) is 29.1 Å². The van der Waals surface area contributed by atoms with Gasteiger partial charge < -0.3 is 21.8 Å². The van der Waals surface area contributed by atoms with E-state index in [4.69, 9.17) is 0 Å². The van der Waals surface area contributed by atoms with Crippen molar-refractivity contribution in [2.24, 2.45) is 0 Å². The molecule has 0 amide bonds. The summed E-state index contributed by atoms with van der Waals surface area (Å²) in [5, 5.41) is 2.56. The van der Waals surface area contributed by atoms with Gasteiger partial charge in [-0.15, -0.1) is 12.1 Å². The molecule has 0 saturated carbocycles. The van der Waals surface area contributed by atoms with Crippen molar-refractivity contribution in [1.82, 2.24) is 4.57 Å². The van der Waals surface area contributed by atoms with Crippen LogP contribution in [0.2, 0.25) is 0 Å². The molecule has 0 spiro atoms. The van der Waals surface area contributed by atoms with E-state index in [0.717, 1.165) is 18.0 Å². The third-order valence-electron chi connectivity index (χ3n) is 5.84. The van der Waals surface area contributed by atoms with Gasteiger partial charge in [-0.3, -0.25) is 0 Å². The van der Waals surface area contributed by atoms with Gasteiger partial charge in [-0.25, -0.2) is 0 Å². The van der Waals surface area contributed by atoms with Crippen LogP contribution in [0.25, 0.3) is 27.5 Å². The minimum atomic E-state index is 0. The molecule has 6 rings (SSSR count). The van der Waals surface area contributed by atoms with Gasteiger partial charge in [0.25, 0.3) is 0 Å². The summed E-state index contributed by atoms with van der Waals surface area (Å²) in [6, 6.07) is 35.7. The summed E-state index contributed by atoms with van der Waals surface area (Å²) in [5.74, 6) is 0. The maximum atomic E-state index is 3.46. The maximum Gasteiger partial charge on any atom is 0.0927 e. The Kier molecular flexibility index (Phi) is 5.61. The standard InChI is InChI=1S/C26H20N3.CH3.Ir/c1-27-18-28(26-16-7-6-15-25(26)27)19-9-8-10-20(17-19)29-23-13-4-2-11-21(23)22-12-3-5-14-24(22)29;;/h2-8,10-17H,18H2,1H3;1H3;/q2*-1;. The first-order valence-electron chi connectivity index (χ1n) is 9.89. The fourth-order valence-corrected chi connectivity index (χ4v) is 4.52. The van der Waals surface area contributed by atoms with Gasteiger partial charge in [0.1, 0.15) is 0 Å². The first kappa shape index (κ1) is 21.2. The van der Waals surface area contributed by atoms with E-state index < -0.39 is 0 Å². The molecule has 2 heterocycles. The van der Waals surface area contributed by atoms with Crippen molar-refractivity contribution in [2.75, 3.05) is 23.5 Å². The first-order valence-corrected chi connectivity index (χ1v) is 9.89. The SMILES string of the molecule is CN1CN(c2[c-]ccc(-n3c4ccccc4c4ccccc43)c2)c2ccccc21.[CH3-].[Ir]. The zero-order chi connectivity index (χ0) is 19.4. The second-order valence-electron chi connectivity index (χ2n) is 7.56. The monoisotopic (exact) mass is 582 g/mol. The summed E-state index contributed by atoms with van der Waals surface area (Å²) >= 11 is 0. The number of benzene rings is 4. The molecule has 0 bridgehead atoms. The van der Waals surface area contributed by atoms with E-state index in [2.05, 4.69) is 112 Å². The fraction of sp³-hybridized carbons (Fsp3) is 0.0741. The van der Waals surface area contributed by atoms with E-state index in [-0.39, 0.29) is 27.5 Å². The molecule has 1 aliphatic rings. The Bertz CT molecular complexity index is 1320. The Morgan fingerprint density at radius 2 is 1.32 bits per heavy atom. The predicted molar refractivity (Wildman–Crippen MR) is 128 cm³/mol. The van der Waals surface area contributed by atoms with Crippen LogP contribution in [-0.4, -0.2) is 18.3 Å². The van der Waals surface area contributed by atoms with Crippen molar-refractivity contribution in [1.29, 1.82) is 0 Å². The summed E-state index contributed by atoms with van der Waals surface area (Å²) in [6.07, 6.45) is 0. The van der Waals surface area contributed by atoms with Gasteiger partial charge in [-0.05, 0) is 24.3 Å². The Labute approximate surface area is 196 Å². The van der Waals surface area contributed by atoms with Crippen molar-refractivity contribution in [3.63, 3.8) is 0 Å². The van der Waals surface area contributed by atoms with E-state index in [0.29, 0.717) is 0 Å². The Morgan fingerprint density at radius 3 is 2.00 bits per heavy atom. The molecule has 1 aliphatic heterocycles. The summed E-state index contributed by atoms with van der Waals surface area (Å²) in [7, 11) is 2.13. The van der Waals surface area contributed by atoms with Crippen LogP contribution in [0.4, 0.5) is 17.1 Å². The van der Waals surface area contributed by atoms with E-state index in [1.54, 1.807) is 0 Å². The summed E-state index contributed by atoms with van der Waals surface area (Å²) in [5.41, 5.74) is 7.17. The molecule has 0 unspecified atom stereocenters. The molecule has 0 atom stereocenters. The topological polar surface area (TPSA) is 11.4 Å². The molecule has 31 heavy (non-hydrogen) atoms. The molecule has 0 fully saturated rings. The summed E-state index contributed by atoms with van der Waals surface area (Å²) in [4.78, 5) is 4.60. The molecule has 4 aromatic carbocycles. The second-order valence-corrected chi connectivity index (χ2v) is 7.56. The van der Waals surface area contributed by atoms with Gasteiger partial charge in [0.2, 0.25) is 0 Å². The minimum Gasteiger partial charge on any atom is -0.358 e. The Balaban J connectivity index is 0.00000116. The second kappa shape index (κ2) is 8.22. The van der Waals surface area contributed by atoms with Crippen LogP contribution in [0.3, 0.4) is 0 Å². The molecule has 1 aromatic heterocycles. The van der Waals surface area contributed by atoms with E-state index >= 15 is 0 Å². The average molecular weight is 582 g/mol. The fourth-order valence-electron chi connectivity index (χ4n) is 4.52. The molecule has 4 heteroatoms. The number of nitrogens with zero attached hydrogens (tertiary/aromatic N) is 3. The van der Waals surface area contributed by atoms with Gasteiger partial charge in [0.15, 0.2) is 0 Å². The number of hydrogen-bond donors (Lipinski definition) is 0. The van der Waals surface area contributed by atoms with Crippen LogP contribution in [0.5, 0.6) is 0 Å². The quantitative estimate of drug-likeness (QED) is 0.218. The van der Waals surface area contributed by atoms with E-state index in [9.17, 15) is 0 Å². The third kappa shape index (κ3) is 3.23. The number of aromatic nitrogens is 1. The maximum absolute atomic E-state index is 3.46. The van der Waals surface area contributed by atoms with Crippen LogP contribution in [0, 0.1) is 13.5 Å². The molecule has 0 N–H and O–H groups in total. The molecule has 1 radical (unpaired) electrons. The number of hydrogen-bond acceptors (Lipinski definition) is 2. The largest absolute Gasteiger partial charge is 0.358 e. The van der Waals surface area contributed by atoms with Crippen molar-refractivity contribution in [3.8, 4) is 5.69 Å². The van der Waals surface area contributed by atoms with Crippen LogP contribution in [-0.2, 0) is 20.1 Å². The predicted octanol–water partition coefficient (Wildman–Crippen LogP) is 6.58. The zero-order valence-electron chi connectivity index (χ0n) is 17.5. The van der Waals surface area contributed by atoms with Crippen molar-refractivity contribution >= 4 is 38.9 Å². The normalized spacial score (nSPS) is 12.5. The van der Waals surface area contributed by atoms with E-state index in [1.807, 2.05) is 6.07 Å². The van der Waals surface area contributed by atoms with E-state index in [1.165, 1.54) is 33.2 Å². The van der Waals surface area contributed by atoms with Crippen LogP contribution >= 0.6 is 0 Å². The third-order valence-corrected chi connectivity index (χ3v) is 5.84. The molecular weight excluding hydrogens is 559 g/mol. The smallest absolute Gasteiger partial charge is 0.0927 e. The van der Waals surface area contributed by atoms with Gasteiger partial charge in [-0.1, -0.05) is 59.9 Å². The number of para-hydroxylation sites is 4. The molecular formula is C27H23IrN3-2. The van der Waals surface area contributed by atoms with Crippen molar-refractivity contribution in [3.05, 3.63) is 104 Å². The average Bonchev–Trinajstić information content (AvgIpc) is 3.29. The molecule has 0 saturated heterocycles.